The molecule has 1 fully saturated rings. The average molecular weight is 512 g/mol. The average Bonchev–Trinajstić information content (AvgIpc) is 3.30. The molecule has 192 valence electrons. The van der Waals surface area contributed by atoms with E-state index in [0.717, 1.165) is 23.5 Å². The van der Waals surface area contributed by atoms with Crippen LogP contribution in [0.1, 0.15) is 30.9 Å². The summed E-state index contributed by atoms with van der Waals surface area (Å²) in [5.41, 5.74) is 6.44. The highest BCUT2D eigenvalue weighted by atomic mass is 19.1. The Hall–Kier alpha value is -4.67. The summed E-state index contributed by atoms with van der Waals surface area (Å²) in [4.78, 5) is 34.7. The maximum absolute atomic E-state index is 14.0. The van der Waals surface area contributed by atoms with E-state index < -0.39 is 17.1 Å². The van der Waals surface area contributed by atoms with Crippen LogP contribution in [-0.4, -0.2) is 37.8 Å². The maximum atomic E-state index is 14.0. The van der Waals surface area contributed by atoms with Crippen molar-refractivity contribution in [2.75, 3.05) is 18.0 Å². The Kier molecular flexibility index (Phi) is 6.82. The summed E-state index contributed by atoms with van der Waals surface area (Å²) in [6.07, 6.45) is 1.77. The monoisotopic (exact) mass is 511 g/mol. The predicted molar refractivity (Wildman–Crippen MR) is 143 cm³/mol. The molecule has 2 aromatic carbocycles. The summed E-state index contributed by atoms with van der Waals surface area (Å²) in [5.74, 6) is 5.84. The fraction of sp³-hybridized carbons (Fsp3) is 0.286. The third-order valence-corrected chi connectivity index (χ3v) is 6.70. The van der Waals surface area contributed by atoms with Crippen LogP contribution in [0.25, 0.3) is 16.9 Å². The summed E-state index contributed by atoms with van der Waals surface area (Å²) >= 11 is 0. The Bertz CT molecular complexity index is 1740. The quantitative estimate of drug-likeness (QED) is 0.412. The molecule has 4 aromatic rings. The van der Waals surface area contributed by atoms with Gasteiger partial charge in [-0.15, -0.1) is 5.92 Å². The Labute approximate surface area is 218 Å². The Balaban J connectivity index is 1.83. The van der Waals surface area contributed by atoms with E-state index in [0.29, 0.717) is 30.3 Å². The highest BCUT2D eigenvalue weighted by molar-refractivity contribution is 5.77. The minimum absolute atomic E-state index is 0.0369. The minimum Gasteiger partial charge on any atom is -0.341 e. The molecule has 0 spiro atoms. The van der Waals surface area contributed by atoms with Gasteiger partial charge in [-0.2, -0.15) is 10.2 Å². The van der Waals surface area contributed by atoms with Crippen molar-refractivity contribution < 1.29 is 4.39 Å². The van der Waals surface area contributed by atoms with Gasteiger partial charge in [-0.1, -0.05) is 30.2 Å². The molecule has 2 aromatic heterocycles. The first-order valence-electron chi connectivity index (χ1n) is 12.3. The van der Waals surface area contributed by atoms with E-state index in [1.807, 2.05) is 17.0 Å². The van der Waals surface area contributed by atoms with Gasteiger partial charge in [-0.05, 0) is 49.6 Å². The number of aromatic nitrogens is 4. The molecule has 0 bridgehead atoms. The van der Waals surface area contributed by atoms with Crippen LogP contribution in [0.15, 0.2) is 58.1 Å². The second kappa shape index (κ2) is 10.4. The van der Waals surface area contributed by atoms with Crippen LogP contribution in [0.3, 0.4) is 0 Å². The van der Waals surface area contributed by atoms with Gasteiger partial charge < -0.3 is 10.6 Å². The zero-order chi connectivity index (χ0) is 26.8. The molecule has 1 aliphatic heterocycles. The summed E-state index contributed by atoms with van der Waals surface area (Å²) in [7, 11) is 0. The molecule has 1 unspecified atom stereocenters. The Morgan fingerprint density at radius 1 is 1.16 bits per heavy atom. The highest BCUT2D eigenvalue weighted by Crippen LogP contribution is 2.24. The number of hydrogen-bond acceptors (Lipinski definition) is 6. The van der Waals surface area contributed by atoms with Crippen molar-refractivity contribution in [3.05, 3.63) is 86.3 Å². The smallest absolute Gasteiger partial charge is 0.337 e. The van der Waals surface area contributed by atoms with Gasteiger partial charge in [0.05, 0.1) is 30.4 Å². The van der Waals surface area contributed by atoms with Crippen LogP contribution in [-0.2, 0) is 13.1 Å². The number of imidazole rings is 1. The third-order valence-electron chi connectivity index (χ3n) is 6.70. The van der Waals surface area contributed by atoms with Gasteiger partial charge in [0, 0.05) is 19.1 Å². The number of rotatable bonds is 5. The van der Waals surface area contributed by atoms with Crippen molar-refractivity contribution in [3.63, 3.8) is 0 Å². The zero-order valence-electron chi connectivity index (χ0n) is 20.9. The summed E-state index contributed by atoms with van der Waals surface area (Å²) < 4.78 is 18.0. The van der Waals surface area contributed by atoms with Crippen molar-refractivity contribution in [1.82, 2.24) is 18.7 Å². The molecule has 1 aliphatic rings. The van der Waals surface area contributed by atoms with Crippen molar-refractivity contribution in [3.8, 4) is 23.6 Å². The van der Waals surface area contributed by atoms with Crippen LogP contribution in [0.4, 0.5) is 10.3 Å². The number of anilines is 1. The van der Waals surface area contributed by atoms with Crippen LogP contribution in [0.5, 0.6) is 0 Å². The van der Waals surface area contributed by atoms with Crippen molar-refractivity contribution in [1.29, 1.82) is 5.26 Å². The summed E-state index contributed by atoms with van der Waals surface area (Å²) in [6, 6.07) is 14.6. The van der Waals surface area contributed by atoms with E-state index >= 15 is 0 Å². The first-order valence-corrected chi connectivity index (χ1v) is 12.3. The van der Waals surface area contributed by atoms with Crippen LogP contribution in [0.2, 0.25) is 0 Å². The SMILES string of the molecule is CC#CCn1c(N2CCCC(N)C2)nc2c1c(=O)n(Cc1ccc(F)cc1C#N)c(=O)n2-c1ccccc1. The normalized spacial score (nSPS) is 15.2. The van der Waals surface area contributed by atoms with Crippen LogP contribution < -0.4 is 21.9 Å². The van der Waals surface area contributed by atoms with Gasteiger partial charge in [0.1, 0.15) is 5.82 Å². The molecule has 5 rings (SSSR count). The molecular formula is C28H26FN7O2. The fourth-order valence-electron chi connectivity index (χ4n) is 4.87. The lowest BCUT2D eigenvalue weighted by Gasteiger charge is -2.31. The Morgan fingerprint density at radius 3 is 2.66 bits per heavy atom. The number of nitrogens with zero attached hydrogens (tertiary/aromatic N) is 6. The molecule has 0 radical (unpaired) electrons. The van der Waals surface area contributed by atoms with Crippen LogP contribution in [0, 0.1) is 29.0 Å². The van der Waals surface area contributed by atoms with Crippen molar-refractivity contribution in [2.45, 2.75) is 38.9 Å². The maximum Gasteiger partial charge on any atom is 0.337 e. The topological polar surface area (TPSA) is 115 Å². The first kappa shape index (κ1) is 25.0. The number of para-hydroxylation sites is 1. The lowest BCUT2D eigenvalue weighted by Crippen LogP contribution is -2.44. The van der Waals surface area contributed by atoms with Gasteiger partial charge in [0.15, 0.2) is 11.2 Å². The molecule has 2 N–H and O–H groups in total. The van der Waals surface area contributed by atoms with E-state index in [4.69, 9.17) is 10.7 Å². The molecule has 38 heavy (non-hydrogen) atoms. The van der Waals surface area contributed by atoms with Gasteiger partial charge in [0.25, 0.3) is 5.56 Å². The minimum atomic E-state index is -0.616. The van der Waals surface area contributed by atoms with E-state index in [9.17, 15) is 19.2 Å². The molecule has 0 saturated carbocycles. The molecule has 10 heteroatoms. The second-order valence-corrected chi connectivity index (χ2v) is 9.20. The van der Waals surface area contributed by atoms with E-state index in [1.54, 1.807) is 35.8 Å². The number of nitriles is 1. The van der Waals surface area contributed by atoms with Gasteiger partial charge in [-0.3, -0.25) is 13.9 Å². The largest absolute Gasteiger partial charge is 0.341 e. The highest BCUT2D eigenvalue weighted by Gasteiger charge is 2.27. The molecule has 1 saturated heterocycles. The summed E-state index contributed by atoms with van der Waals surface area (Å²) in [5, 5.41) is 9.54. The number of piperidine rings is 1. The van der Waals surface area contributed by atoms with Crippen molar-refractivity contribution >= 4 is 17.1 Å². The number of fused-ring (bicyclic) bond motifs is 1. The van der Waals surface area contributed by atoms with Gasteiger partial charge >= 0.3 is 5.69 Å². The van der Waals surface area contributed by atoms with E-state index in [-0.39, 0.29) is 35.9 Å². The van der Waals surface area contributed by atoms with Gasteiger partial charge in [0.2, 0.25) is 5.95 Å². The van der Waals surface area contributed by atoms with E-state index in [1.165, 1.54) is 16.7 Å². The number of benzene rings is 2. The molecule has 0 amide bonds. The summed E-state index contributed by atoms with van der Waals surface area (Å²) in [6.45, 7) is 2.97. The standard InChI is InChI=1S/C28H26FN7O2/c1-2-3-14-34-24-25(32-27(34)33-13-7-8-22(31)18-33)36(23-9-5-4-6-10-23)28(38)35(26(24)37)17-19-11-12-21(29)15-20(19)16-30/h4-6,9-12,15,22H,7-8,13-14,17-18,31H2,1H3. The number of nitrogens with two attached hydrogens (primary N) is 1. The lowest BCUT2D eigenvalue weighted by atomic mass is 10.1. The number of halogens is 1. The molecule has 9 nitrogen and oxygen atoms in total. The predicted octanol–water partition coefficient (Wildman–Crippen LogP) is 2.36. The zero-order valence-corrected chi connectivity index (χ0v) is 20.9. The first-order chi connectivity index (χ1) is 18.4. The lowest BCUT2D eigenvalue weighted by molar-refractivity contribution is 0.496. The molecule has 0 aliphatic carbocycles. The Morgan fingerprint density at radius 2 is 1.95 bits per heavy atom. The molecular weight excluding hydrogens is 485 g/mol. The van der Waals surface area contributed by atoms with E-state index in [2.05, 4.69) is 11.8 Å². The molecule has 3 heterocycles. The third kappa shape index (κ3) is 4.47. The van der Waals surface area contributed by atoms with Crippen molar-refractivity contribution in [2.24, 2.45) is 5.73 Å². The van der Waals surface area contributed by atoms with Gasteiger partial charge in [-0.25, -0.2) is 13.8 Å². The fourth-order valence-corrected chi connectivity index (χ4v) is 4.87. The van der Waals surface area contributed by atoms with Crippen LogP contribution >= 0.6 is 0 Å². The molecule has 1 atom stereocenters. The number of hydrogen-bond donors (Lipinski definition) is 1. The second-order valence-electron chi connectivity index (χ2n) is 9.20.